The van der Waals surface area contributed by atoms with Crippen molar-refractivity contribution in [1.82, 2.24) is 40.7 Å². The van der Waals surface area contributed by atoms with Crippen LogP contribution < -0.4 is 10.2 Å². The topological polar surface area (TPSA) is 100 Å². The number of rotatable bonds is 4. The summed E-state index contributed by atoms with van der Waals surface area (Å²) >= 11 is 0. The van der Waals surface area contributed by atoms with E-state index in [0.717, 1.165) is 39.2 Å². The highest BCUT2D eigenvalue weighted by Crippen LogP contribution is 2.34. The van der Waals surface area contributed by atoms with Crippen molar-refractivity contribution in [3.8, 4) is 22.5 Å². The third-order valence-electron chi connectivity index (χ3n) is 6.77. The van der Waals surface area contributed by atoms with E-state index in [9.17, 15) is 0 Å². The lowest BCUT2D eigenvalue weighted by atomic mass is 9.98. The van der Waals surface area contributed by atoms with Crippen LogP contribution in [0.4, 0.5) is 5.82 Å². The Morgan fingerprint density at radius 1 is 0.968 bits per heavy atom. The molecule has 2 aliphatic rings. The lowest BCUT2D eigenvalue weighted by molar-refractivity contribution is 0.353. The Hall–Kier alpha value is -3.33. The number of aryl methyl sites for hydroxylation is 1. The van der Waals surface area contributed by atoms with E-state index in [1.807, 2.05) is 31.4 Å². The normalized spacial score (nSPS) is 22.8. The van der Waals surface area contributed by atoms with E-state index in [1.165, 1.54) is 25.7 Å². The van der Waals surface area contributed by atoms with Crippen LogP contribution in [0.3, 0.4) is 0 Å². The largest absolute Gasteiger partial charge is 0.355 e. The van der Waals surface area contributed by atoms with Crippen molar-refractivity contribution in [2.45, 2.75) is 43.8 Å². The Bertz CT molecular complexity index is 1210. The van der Waals surface area contributed by atoms with Crippen molar-refractivity contribution >= 4 is 16.7 Å². The molecule has 1 aromatic carbocycles. The van der Waals surface area contributed by atoms with E-state index in [0.29, 0.717) is 18.1 Å². The zero-order valence-corrected chi connectivity index (χ0v) is 17.7. The van der Waals surface area contributed by atoms with Crippen molar-refractivity contribution in [3.05, 3.63) is 36.7 Å². The van der Waals surface area contributed by atoms with E-state index < -0.39 is 0 Å². The molecule has 3 atom stereocenters. The van der Waals surface area contributed by atoms with Gasteiger partial charge in [-0.2, -0.15) is 20.1 Å². The second kappa shape index (κ2) is 7.12. The highest BCUT2D eigenvalue weighted by Gasteiger charge is 2.35. The summed E-state index contributed by atoms with van der Waals surface area (Å²) in [4.78, 5) is 3.86. The molecule has 4 aromatic rings. The number of anilines is 1. The van der Waals surface area contributed by atoms with E-state index in [1.54, 1.807) is 11.0 Å². The number of aromatic amines is 1. The van der Waals surface area contributed by atoms with Crippen LogP contribution in [-0.4, -0.2) is 60.6 Å². The minimum absolute atomic E-state index is 0.518. The monoisotopic (exact) mass is 415 g/mol. The smallest absolute Gasteiger partial charge is 0.151 e. The summed E-state index contributed by atoms with van der Waals surface area (Å²) in [5.41, 5.74) is 4.53. The molecule has 158 valence electrons. The fourth-order valence-electron chi connectivity index (χ4n) is 5.13. The minimum Gasteiger partial charge on any atom is -0.355 e. The molecule has 0 unspecified atom stereocenters. The van der Waals surface area contributed by atoms with Gasteiger partial charge in [0.05, 0.1) is 23.6 Å². The molecule has 2 aliphatic heterocycles. The number of aromatic nitrogens is 7. The molecule has 2 fully saturated rings. The van der Waals surface area contributed by atoms with E-state index in [2.05, 4.69) is 53.9 Å². The molecule has 0 amide bonds. The minimum atomic E-state index is 0.518. The van der Waals surface area contributed by atoms with E-state index in [-0.39, 0.29) is 0 Å². The maximum Gasteiger partial charge on any atom is 0.151 e. The Labute approximate surface area is 179 Å². The number of hydrogen-bond acceptors (Lipinski definition) is 7. The molecule has 0 saturated carbocycles. The highest BCUT2D eigenvalue weighted by molar-refractivity contribution is 6.01. The first-order valence-electron chi connectivity index (χ1n) is 10.8. The van der Waals surface area contributed by atoms with Crippen molar-refractivity contribution in [2.24, 2.45) is 7.05 Å². The molecule has 31 heavy (non-hydrogen) atoms. The summed E-state index contributed by atoms with van der Waals surface area (Å²) < 4.78 is 0. The Morgan fingerprint density at radius 2 is 1.77 bits per heavy atom. The van der Waals surface area contributed by atoms with E-state index in [4.69, 9.17) is 0 Å². The number of hydrogen-bond donors (Lipinski definition) is 2. The summed E-state index contributed by atoms with van der Waals surface area (Å²) in [6.07, 6.45) is 8.53. The molecule has 9 heteroatoms. The molecule has 2 saturated heterocycles. The summed E-state index contributed by atoms with van der Waals surface area (Å²) in [7, 11) is 3.95. The Kier molecular flexibility index (Phi) is 4.24. The first-order valence-corrected chi connectivity index (χ1v) is 10.8. The highest BCUT2D eigenvalue weighted by atomic mass is 15.4. The molecule has 6 rings (SSSR count). The van der Waals surface area contributed by atoms with Gasteiger partial charge in [-0.25, -0.2) is 0 Å². The Morgan fingerprint density at radius 3 is 2.48 bits per heavy atom. The zero-order chi connectivity index (χ0) is 20.9. The number of fused-ring (bicyclic) bond motifs is 3. The zero-order valence-electron chi connectivity index (χ0n) is 17.7. The Balaban J connectivity index is 1.30. The average molecular weight is 416 g/mol. The summed E-state index contributed by atoms with van der Waals surface area (Å²) in [6.45, 7) is 0. The maximum absolute atomic E-state index is 4.57. The molecule has 3 aromatic heterocycles. The van der Waals surface area contributed by atoms with Crippen LogP contribution >= 0.6 is 0 Å². The van der Waals surface area contributed by atoms with Gasteiger partial charge in [-0.1, -0.05) is 6.07 Å². The first kappa shape index (κ1) is 18.4. The summed E-state index contributed by atoms with van der Waals surface area (Å²) in [6, 6.07) is 10.0. The van der Waals surface area contributed by atoms with Crippen LogP contribution in [0.1, 0.15) is 25.7 Å². The SMILES string of the molecule is CN(c1ccc(-c2ccc(-c3cnn(C)n3)c3cn[nH]c23)nn1)[C@@H]1C[C@H]2CC[C@@H](C1)N2. The number of nitrogens with one attached hydrogen (secondary N) is 2. The molecule has 5 heterocycles. The molecule has 0 spiro atoms. The maximum atomic E-state index is 4.57. The molecule has 9 nitrogen and oxygen atoms in total. The van der Waals surface area contributed by atoms with Crippen molar-refractivity contribution < 1.29 is 0 Å². The van der Waals surface area contributed by atoms with Crippen molar-refractivity contribution in [1.29, 1.82) is 0 Å². The van der Waals surface area contributed by atoms with Crippen LogP contribution in [0, 0.1) is 0 Å². The van der Waals surface area contributed by atoms with Gasteiger partial charge in [-0.05, 0) is 43.9 Å². The predicted molar refractivity (Wildman–Crippen MR) is 118 cm³/mol. The third kappa shape index (κ3) is 3.16. The second-order valence-electron chi connectivity index (χ2n) is 8.69. The van der Waals surface area contributed by atoms with Crippen LogP contribution in [0.2, 0.25) is 0 Å². The van der Waals surface area contributed by atoms with Crippen molar-refractivity contribution in [3.63, 3.8) is 0 Å². The number of benzene rings is 1. The average Bonchev–Trinajstić information content (AvgIpc) is 3.53. The van der Waals surface area contributed by atoms with Gasteiger partial charge in [-0.15, -0.1) is 10.2 Å². The molecular formula is C22H25N9. The molecule has 0 aliphatic carbocycles. The van der Waals surface area contributed by atoms with Gasteiger partial charge in [0.1, 0.15) is 5.69 Å². The predicted octanol–water partition coefficient (Wildman–Crippen LogP) is 2.53. The van der Waals surface area contributed by atoms with Crippen LogP contribution in [0.15, 0.2) is 36.7 Å². The first-order chi connectivity index (χ1) is 15.2. The van der Waals surface area contributed by atoms with Crippen LogP contribution in [0.5, 0.6) is 0 Å². The van der Waals surface area contributed by atoms with Gasteiger partial charge in [-0.3, -0.25) is 5.10 Å². The van der Waals surface area contributed by atoms with Crippen molar-refractivity contribution in [2.75, 3.05) is 11.9 Å². The molecule has 2 bridgehead atoms. The molecule has 2 N–H and O–H groups in total. The standard InChI is InChI=1S/C22H25N9/c1-30(15-9-13-3-4-14(10-15)25-13)21-8-7-19(26-27-21)17-6-5-16(18-11-23-28-22(17)18)20-12-24-31(2)29-20/h5-8,11-15,25H,3-4,9-10H2,1-2H3,(H,23,28)/t13-,14+,15-. The number of H-pyrrole nitrogens is 1. The number of nitrogens with zero attached hydrogens (tertiary/aromatic N) is 7. The fraction of sp³-hybridized carbons (Fsp3) is 0.409. The van der Waals surface area contributed by atoms with Gasteiger partial charge in [0.2, 0.25) is 0 Å². The second-order valence-corrected chi connectivity index (χ2v) is 8.69. The van der Waals surface area contributed by atoms with Gasteiger partial charge < -0.3 is 10.2 Å². The lowest BCUT2D eigenvalue weighted by Crippen LogP contribution is -2.47. The van der Waals surface area contributed by atoms with Gasteiger partial charge in [0.25, 0.3) is 0 Å². The summed E-state index contributed by atoms with van der Waals surface area (Å²) in [5, 5.41) is 29.8. The fourth-order valence-corrected chi connectivity index (χ4v) is 5.13. The number of piperidine rings is 1. The van der Waals surface area contributed by atoms with Gasteiger partial charge in [0.15, 0.2) is 5.82 Å². The van der Waals surface area contributed by atoms with Gasteiger partial charge >= 0.3 is 0 Å². The van der Waals surface area contributed by atoms with Crippen LogP contribution in [-0.2, 0) is 7.05 Å². The third-order valence-corrected chi connectivity index (χ3v) is 6.77. The molecular weight excluding hydrogens is 390 g/mol. The van der Waals surface area contributed by atoms with E-state index >= 15 is 0 Å². The molecule has 0 radical (unpaired) electrons. The quantitative estimate of drug-likeness (QED) is 0.528. The lowest BCUT2D eigenvalue weighted by Gasteiger charge is -2.36. The van der Waals surface area contributed by atoms with Crippen LogP contribution in [0.25, 0.3) is 33.4 Å². The summed E-state index contributed by atoms with van der Waals surface area (Å²) in [5.74, 6) is 0.923. The van der Waals surface area contributed by atoms with Gasteiger partial charge in [0, 0.05) is 48.7 Å².